The number of benzene rings is 1. The van der Waals surface area contributed by atoms with Crippen LogP contribution in [-0.4, -0.2) is 60.4 Å². The minimum Gasteiger partial charge on any atom is -0.478 e. The van der Waals surface area contributed by atoms with Gasteiger partial charge in [0.2, 0.25) is 5.17 Å². The number of hydrogen-bond acceptors (Lipinski definition) is 8. The van der Waals surface area contributed by atoms with E-state index in [1.807, 2.05) is 34.7 Å². The zero-order valence-electron chi connectivity index (χ0n) is 18.6. The van der Waals surface area contributed by atoms with Crippen molar-refractivity contribution in [3.8, 4) is 0 Å². The molecule has 1 aromatic carbocycles. The second-order valence-electron chi connectivity index (χ2n) is 4.86. The van der Waals surface area contributed by atoms with Gasteiger partial charge >= 0.3 is 5.97 Å². The molecule has 0 unspecified atom stereocenters. The molecule has 0 saturated heterocycles. The quantitative estimate of drug-likeness (QED) is 0.487. The first-order valence-corrected chi connectivity index (χ1v) is 10.3. The maximum Gasteiger partial charge on any atom is 0.335 e. The molecule has 0 aliphatic carbocycles. The van der Waals surface area contributed by atoms with Crippen LogP contribution in [0.1, 0.15) is 45.0 Å². The van der Waals surface area contributed by atoms with Crippen molar-refractivity contribution in [1.29, 1.82) is 0 Å². The summed E-state index contributed by atoms with van der Waals surface area (Å²) in [7, 11) is 5.27. The third-order valence-electron chi connectivity index (χ3n) is 2.71. The number of nitrogens with zero attached hydrogens (tertiary/aromatic N) is 4. The number of amidine groups is 1. The average molecular weight is 427 g/mol. The van der Waals surface area contributed by atoms with Gasteiger partial charge in [-0.25, -0.2) is 14.9 Å². The van der Waals surface area contributed by atoms with Crippen molar-refractivity contribution < 1.29 is 14.7 Å². The summed E-state index contributed by atoms with van der Waals surface area (Å²) in [5.41, 5.74) is 3.94. The molecular weight excluding hydrogens is 392 g/mol. The molecule has 0 atom stereocenters. The van der Waals surface area contributed by atoms with Gasteiger partial charge in [0.15, 0.2) is 0 Å². The fourth-order valence-corrected chi connectivity index (χ4v) is 2.48. The van der Waals surface area contributed by atoms with E-state index in [4.69, 9.17) is 5.11 Å². The fourth-order valence-electron chi connectivity index (χ4n) is 1.69. The highest BCUT2D eigenvalue weighted by molar-refractivity contribution is 8.14. The van der Waals surface area contributed by atoms with Crippen molar-refractivity contribution in [3.05, 3.63) is 29.8 Å². The Bertz CT molecular complexity index is 650. The van der Waals surface area contributed by atoms with Crippen LogP contribution in [0.3, 0.4) is 0 Å². The van der Waals surface area contributed by atoms with Crippen molar-refractivity contribution >= 4 is 40.7 Å². The first kappa shape index (κ1) is 28.6. The molecule has 0 fully saturated rings. The van der Waals surface area contributed by atoms with E-state index in [9.17, 15) is 9.59 Å². The monoisotopic (exact) mass is 426 g/mol. The summed E-state index contributed by atoms with van der Waals surface area (Å²) < 4.78 is 0. The SMILES string of the molecule is CC.CC.CC(=O)CSC1=NN(C)NN1c1ccc(C(=O)O)cc1.CN=CNC. The van der Waals surface area contributed by atoms with Crippen molar-refractivity contribution in [1.82, 2.24) is 16.0 Å². The van der Waals surface area contributed by atoms with Gasteiger partial charge in [0, 0.05) is 21.1 Å². The van der Waals surface area contributed by atoms with Crippen LogP contribution in [0.4, 0.5) is 5.69 Å². The highest BCUT2D eigenvalue weighted by Gasteiger charge is 2.23. The maximum atomic E-state index is 11.1. The molecule has 1 heterocycles. The average Bonchev–Trinajstić information content (AvgIpc) is 3.11. The van der Waals surface area contributed by atoms with Gasteiger partial charge < -0.3 is 10.4 Å². The zero-order chi connectivity index (χ0) is 22.8. The second-order valence-corrected chi connectivity index (χ2v) is 5.80. The molecule has 0 spiro atoms. The van der Waals surface area contributed by atoms with Crippen molar-refractivity contribution in [2.45, 2.75) is 34.6 Å². The number of Topliss-reactive ketones (excluding diaryl/α,β-unsaturated/α-hetero) is 1. The predicted octanol–water partition coefficient (Wildman–Crippen LogP) is 3.07. The number of rotatable bonds is 5. The molecule has 164 valence electrons. The Labute approximate surface area is 178 Å². The lowest BCUT2D eigenvalue weighted by Crippen LogP contribution is -2.41. The van der Waals surface area contributed by atoms with E-state index in [1.165, 1.54) is 35.9 Å². The lowest BCUT2D eigenvalue weighted by Gasteiger charge is -2.20. The number of hydrogen-bond donors (Lipinski definition) is 3. The zero-order valence-corrected chi connectivity index (χ0v) is 19.4. The molecule has 0 saturated carbocycles. The maximum absolute atomic E-state index is 11.1. The van der Waals surface area contributed by atoms with Gasteiger partial charge in [-0.2, -0.15) is 0 Å². The van der Waals surface area contributed by atoms with Crippen LogP contribution in [0.2, 0.25) is 0 Å². The number of aliphatic imine (C=N–C) groups is 1. The Kier molecular flexibility index (Phi) is 17.3. The third kappa shape index (κ3) is 11.8. The van der Waals surface area contributed by atoms with Gasteiger partial charge in [0.25, 0.3) is 0 Å². The molecule has 0 aromatic heterocycles. The smallest absolute Gasteiger partial charge is 0.335 e. The second kappa shape index (κ2) is 17.5. The minimum atomic E-state index is -0.970. The van der Waals surface area contributed by atoms with Crippen molar-refractivity contribution in [3.63, 3.8) is 0 Å². The largest absolute Gasteiger partial charge is 0.478 e. The number of carbonyl (C=O) groups is 2. The van der Waals surface area contributed by atoms with Crippen LogP contribution in [0.25, 0.3) is 0 Å². The molecule has 0 radical (unpaired) electrons. The van der Waals surface area contributed by atoms with Crippen LogP contribution in [0, 0.1) is 0 Å². The summed E-state index contributed by atoms with van der Waals surface area (Å²) in [6.07, 6.45) is 1.62. The number of anilines is 1. The standard InChI is InChI=1S/C12H14N4O3S.C3H8N2.2C2H6/c1-8(17)7-20-12-13-15(2)14-16(12)10-5-3-9(4-6-10)11(18)19;1-4-3-5-2;2*1-2/h3-6,14H,7H2,1-2H3,(H,18,19);3H,1-2H3,(H,4,5);2*1-2H3. The summed E-state index contributed by atoms with van der Waals surface area (Å²) in [5, 5.41) is 19.7. The first-order chi connectivity index (χ1) is 13.9. The van der Waals surface area contributed by atoms with Gasteiger partial charge in [-0.15, -0.1) is 10.6 Å². The number of ketones is 1. The Morgan fingerprint density at radius 2 is 1.79 bits per heavy atom. The van der Waals surface area contributed by atoms with Gasteiger partial charge in [-0.05, 0) is 31.2 Å². The Hall–Kier alpha value is -2.59. The number of nitrogens with one attached hydrogen (secondary N) is 2. The molecule has 10 heteroatoms. The Balaban J connectivity index is 0. The molecule has 2 rings (SSSR count). The van der Waals surface area contributed by atoms with Crippen LogP contribution in [0.15, 0.2) is 34.4 Å². The van der Waals surface area contributed by atoms with E-state index >= 15 is 0 Å². The third-order valence-corrected chi connectivity index (χ3v) is 3.78. The highest BCUT2D eigenvalue weighted by atomic mass is 32.2. The Morgan fingerprint density at radius 3 is 2.17 bits per heavy atom. The molecule has 1 aliphatic rings. The number of aromatic carboxylic acids is 1. The molecule has 1 aliphatic heterocycles. The number of carboxylic acids is 1. The molecule has 1 aromatic rings. The van der Waals surface area contributed by atoms with Crippen molar-refractivity contribution in [2.24, 2.45) is 10.1 Å². The number of thioether (sulfide) groups is 1. The van der Waals surface area contributed by atoms with Crippen LogP contribution in [-0.2, 0) is 4.79 Å². The van der Waals surface area contributed by atoms with E-state index < -0.39 is 5.97 Å². The lowest BCUT2D eigenvalue weighted by molar-refractivity contribution is -0.114. The fraction of sp³-hybridized carbons (Fsp3) is 0.474. The number of hydrazine groups is 2. The number of carbonyl (C=O) groups excluding carboxylic acids is 1. The molecule has 0 bridgehead atoms. The summed E-state index contributed by atoms with van der Waals surface area (Å²) in [6, 6.07) is 6.40. The van der Waals surface area contributed by atoms with Gasteiger partial charge in [-0.3, -0.25) is 9.79 Å². The molecule has 0 amide bonds. The van der Waals surface area contributed by atoms with E-state index in [0.29, 0.717) is 10.9 Å². The topological polar surface area (TPSA) is 110 Å². The van der Waals surface area contributed by atoms with Gasteiger partial charge in [-0.1, -0.05) is 39.5 Å². The number of hydrazone groups is 1. The van der Waals surface area contributed by atoms with E-state index in [2.05, 4.69) is 20.9 Å². The van der Waals surface area contributed by atoms with Crippen LogP contribution in [0.5, 0.6) is 0 Å². The van der Waals surface area contributed by atoms with Gasteiger partial charge in [0.05, 0.1) is 23.3 Å². The number of carboxylic acid groups (broad SMARTS) is 1. The summed E-state index contributed by atoms with van der Waals surface area (Å²) in [6.45, 7) is 9.52. The lowest BCUT2D eigenvalue weighted by atomic mass is 10.2. The minimum absolute atomic E-state index is 0.0634. The van der Waals surface area contributed by atoms with Crippen LogP contribution < -0.4 is 15.9 Å². The van der Waals surface area contributed by atoms with E-state index in [1.54, 1.807) is 37.6 Å². The summed E-state index contributed by atoms with van der Waals surface area (Å²) >= 11 is 1.32. The molecule has 9 nitrogen and oxygen atoms in total. The van der Waals surface area contributed by atoms with E-state index in [-0.39, 0.29) is 11.3 Å². The molecule has 29 heavy (non-hydrogen) atoms. The Morgan fingerprint density at radius 1 is 1.24 bits per heavy atom. The highest BCUT2D eigenvalue weighted by Crippen LogP contribution is 2.22. The molecular formula is C19H34N6O3S. The van der Waals surface area contributed by atoms with E-state index in [0.717, 1.165) is 5.69 Å². The molecule has 3 N–H and O–H groups in total. The van der Waals surface area contributed by atoms with Crippen LogP contribution >= 0.6 is 11.8 Å². The predicted molar refractivity (Wildman–Crippen MR) is 124 cm³/mol. The van der Waals surface area contributed by atoms with Gasteiger partial charge in [0.1, 0.15) is 5.78 Å². The normalized spacial score (nSPS) is 11.9. The summed E-state index contributed by atoms with van der Waals surface area (Å²) in [4.78, 5) is 25.5. The first-order valence-electron chi connectivity index (χ1n) is 9.31. The van der Waals surface area contributed by atoms with Crippen molar-refractivity contribution in [2.75, 3.05) is 31.9 Å². The summed E-state index contributed by atoms with van der Waals surface area (Å²) in [5.74, 6) is -0.575.